The lowest BCUT2D eigenvalue weighted by atomic mass is 10.2. The Bertz CT molecular complexity index is 989. The van der Waals surface area contributed by atoms with Gasteiger partial charge in [0.05, 0.1) is 0 Å². The van der Waals surface area contributed by atoms with E-state index in [1.807, 2.05) is 36.6 Å². The molecule has 0 saturated carbocycles. The van der Waals surface area contributed by atoms with E-state index in [2.05, 4.69) is 15.6 Å². The summed E-state index contributed by atoms with van der Waals surface area (Å²) < 4.78 is 0. The highest BCUT2D eigenvalue weighted by molar-refractivity contribution is 7.98. The van der Waals surface area contributed by atoms with Crippen LogP contribution in [-0.2, 0) is 4.79 Å². The predicted molar refractivity (Wildman–Crippen MR) is 113 cm³/mol. The van der Waals surface area contributed by atoms with Gasteiger partial charge in [0.25, 0.3) is 11.8 Å². The molecule has 0 saturated heterocycles. The van der Waals surface area contributed by atoms with Crippen molar-refractivity contribution in [3.63, 3.8) is 0 Å². The van der Waals surface area contributed by atoms with Crippen LogP contribution in [0, 0.1) is 0 Å². The normalized spacial score (nSPS) is 11.0. The number of amides is 2. The molecule has 0 aliphatic rings. The van der Waals surface area contributed by atoms with Gasteiger partial charge in [-0.2, -0.15) is 0 Å². The first-order chi connectivity index (χ1) is 13.7. The number of nitrogens with zero attached hydrogens (tertiary/aromatic N) is 1. The standard InChI is InChI=1S/C22H19N3O2S/c1-28-19-11-5-10-18(14-19)24-22(27)20(13-16-7-6-12-23-15-16)25-21(26)17-8-3-2-4-9-17/h2-15H,1H3,(H,24,27)(H,25,26)/b20-13-. The van der Waals surface area contributed by atoms with Gasteiger partial charge >= 0.3 is 0 Å². The number of benzene rings is 2. The fourth-order valence-corrected chi connectivity index (χ4v) is 2.93. The molecular formula is C22H19N3O2S. The lowest BCUT2D eigenvalue weighted by Gasteiger charge is -2.12. The topological polar surface area (TPSA) is 71.1 Å². The number of pyridine rings is 1. The number of nitrogens with one attached hydrogen (secondary N) is 2. The molecule has 5 nitrogen and oxygen atoms in total. The quantitative estimate of drug-likeness (QED) is 0.489. The van der Waals surface area contributed by atoms with Gasteiger partial charge in [0, 0.05) is 28.5 Å². The Labute approximate surface area is 167 Å². The highest BCUT2D eigenvalue weighted by Gasteiger charge is 2.15. The Hall–Kier alpha value is -3.38. The molecule has 0 aliphatic heterocycles. The summed E-state index contributed by atoms with van der Waals surface area (Å²) in [7, 11) is 0. The Morgan fingerprint density at radius 1 is 1.00 bits per heavy atom. The van der Waals surface area contributed by atoms with Crippen molar-refractivity contribution in [1.82, 2.24) is 10.3 Å². The minimum Gasteiger partial charge on any atom is -0.321 e. The summed E-state index contributed by atoms with van der Waals surface area (Å²) in [5, 5.41) is 5.55. The van der Waals surface area contributed by atoms with E-state index < -0.39 is 5.91 Å². The van der Waals surface area contributed by atoms with Crippen LogP contribution in [-0.4, -0.2) is 23.1 Å². The van der Waals surface area contributed by atoms with Crippen LogP contribution in [0.5, 0.6) is 0 Å². The fourth-order valence-electron chi connectivity index (χ4n) is 2.47. The summed E-state index contributed by atoms with van der Waals surface area (Å²) in [5.41, 5.74) is 1.97. The zero-order valence-corrected chi connectivity index (χ0v) is 16.1. The summed E-state index contributed by atoms with van der Waals surface area (Å²) in [6.45, 7) is 0. The molecule has 0 unspecified atom stereocenters. The zero-order valence-electron chi connectivity index (χ0n) is 15.3. The second-order valence-corrected chi connectivity index (χ2v) is 6.73. The molecule has 6 heteroatoms. The third-order valence-corrected chi connectivity index (χ3v) is 4.58. The summed E-state index contributed by atoms with van der Waals surface area (Å²) in [4.78, 5) is 30.5. The van der Waals surface area contributed by atoms with Crippen LogP contribution >= 0.6 is 11.8 Å². The Kier molecular flexibility index (Phi) is 6.59. The minimum absolute atomic E-state index is 0.136. The number of aromatic nitrogens is 1. The first-order valence-corrected chi connectivity index (χ1v) is 9.82. The molecule has 1 aromatic heterocycles. The summed E-state index contributed by atoms with van der Waals surface area (Å²) >= 11 is 1.59. The van der Waals surface area contributed by atoms with Crippen molar-refractivity contribution in [3.8, 4) is 0 Å². The molecule has 3 rings (SSSR count). The highest BCUT2D eigenvalue weighted by atomic mass is 32.2. The maximum absolute atomic E-state index is 12.9. The van der Waals surface area contributed by atoms with Crippen LogP contribution in [0.15, 0.2) is 89.7 Å². The molecule has 2 aromatic carbocycles. The first-order valence-electron chi connectivity index (χ1n) is 8.59. The van der Waals surface area contributed by atoms with E-state index >= 15 is 0 Å². The molecule has 2 N–H and O–H groups in total. The Morgan fingerprint density at radius 2 is 1.82 bits per heavy atom. The molecule has 140 valence electrons. The zero-order chi connectivity index (χ0) is 19.8. The number of thioether (sulfide) groups is 1. The number of hydrogen-bond donors (Lipinski definition) is 2. The van der Waals surface area contributed by atoms with Crippen LogP contribution in [0.25, 0.3) is 6.08 Å². The summed E-state index contributed by atoms with van der Waals surface area (Å²) in [5.74, 6) is -0.768. The van der Waals surface area contributed by atoms with Gasteiger partial charge in [-0.3, -0.25) is 14.6 Å². The second-order valence-electron chi connectivity index (χ2n) is 5.85. The van der Waals surface area contributed by atoms with Crippen LogP contribution < -0.4 is 10.6 Å². The SMILES string of the molecule is CSc1cccc(NC(=O)/C(=C/c2cccnc2)NC(=O)c2ccccc2)c1. The van der Waals surface area contributed by atoms with Crippen molar-refractivity contribution in [2.45, 2.75) is 4.90 Å². The van der Waals surface area contributed by atoms with Crippen molar-refractivity contribution in [2.24, 2.45) is 0 Å². The van der Waals surface area contributed by atoms with Crippen LogP contribution in [0.3, 0.4) is 0 Å². The first kappa shape index (κ1) is 19.4. The fraction of sp³-hybridized carbons (Fsp3) is 0.0455. The lowest BCUT2D eigenvalue weighted by molar-refractivity contribution is -0.113. The van der Waals surface area contributed by atoms with E-state index in [4.69, 9.17) is 0 Å². The molecule has 0 atom stereocenters. The Morgan fingerprint density at radius 3 is 2.54 bits per heavy atom. The van der Waals surface area contributed by atoms with Gasteiger partial charge in [-0.1, -0.05) is 30.3 Å². The monoisotopic (exact) mass is 389 g/mol. The van der Waals surface area contributed by atoms with Gasteiger partial charge in [-0.05, 0) is 54.3 Å². The molecule has 0 spiro atoms. The van der Waals surface area contributed by atoms with E-state index in [1.54, 1.807) is 66.6 Å². The van der Waals surface area contributed by atoms with E-state index in [0.29, 0.717) is 16.8 Å². The number of carbonyl (C=O) groups excluding carboxylic acids is 2. The predicted octanol–water partition coefficient (Wildman–Crippen LogP) is 4.21. The van der Waals surface area contributed by atoms with Crippen molar-refractivity contribution < 1.29 is 9.59 Å². The summed E-state index contributed by atoms with van der Waals surface area (Å²) in [6.07, 6.45) is 6.83. The summed E-state index contributed by atoms with van der Waals surface area (Å²) in [6, 6.07) is 19.8. The lowest BCUT2D eigenvalue weighted by Crippen LogP contribution is -2.30. The molecule has 2 amide bonds. The number of rotatable bonds is 6. The third-order valence-electron chi connectivity index (χ3n) is 3.85. The molecule has 0 aliphatic carbocycles. The van der Waals surface area contributed by atoms with E-state index in [1.165, 1.54) is 0 Å². The van der Waals surface area contributed by atoms with Crippen molar-refractivity contribution in [2.75, 3.05) is 11.6 Å². The highest BCUT2D eigenvalue weighted by Crippen LogP contribution is 2.19. The number of hydrogen-bond acceptors (Lipinski definition) is 4. The van der Waals surface area contributed by atoms with Gasteiger partial charge in [-0.15, -0.1) is 11.8 Å². The third kappa shape index (κ3) is 5.31. The molecule has 28 heavy (non-hydrogen) atoms. The van der Waals surface area contributed by atoms with E-state index in [0.717, 1.165) is 4.90 Å². The van der Waals surface area contributed by atoms with Crippen molar-refractivity contribution in [1.29, 1.82) is 0 Å². The van der Waals surface area contributed by atoms with Crippen molar-refractivity contribution in [3.05, 3.63) is 95.9 Å². The molecule has 0 radical (unpaired) electrons. The van der Waals surface area contributed by atoms with Crippen molar-refractivity contribution >= 4 is 35.3 Å². The largest absolute Gasteiger partial charge is 0.321 e. The molecular weight excluding hydrogens is 370 g/mol. The number of carbonyl (C=O) groups is 2. The smallest absolute Gasteiger partial charge is 0.272 e. The van der Waals surface area contributed by atoms with Gasteiger partial charge in [-0.25, -0.2) is 0 Å². The van der Waals surface area contributed by atoms with E-state index in [9.17, 15) is 9.59 Å². The maximum Gasteiger partial charge on any atom is 0.272 e. The molecule has 0 bridgehead atoms. The van der Waals surface area contributed by atoms with Gasteiger partial charge < -0.3 is 10.6 Å². The van der Waals surface area contributed by atoms with Crippen LogP contribution in [0.2, 0.25) is 0 Å². The molecule has 1 heterocycles. The second kappa shape index (κ2) is 9.53. The van der Waals surface area contributed by atoms with Crippen LogP contribution in [0.1, 0.15) is 15.9 Å². The minimum atomic E-state index is -0.411. The maximum atomic E-state index is 12.9. The average Bonchev–Trinajstić information content (AvgIpc) is 2.74. The number of anilines is 1. The average molecular weight is 389 g/mol. The Balaban J connectivity index is 1.86. The van der Waals surface area contributed by atoms with E-state index in [-0.39, 0.29) is 11.6 Å². The molecule has 0 fully saturated rings. The van der Waals surface area contributed by atoms with Gasteiger partial charge in [0.15, 0.2) is 0 Å². The van der Waals surface area contributed by atoms with Crippen LogP contribution in [0.4, 0.5) is 5.69 Å². The van der Waals surface area contributed by atoms with Gasteiger partial charge in [0.1, 0.15) is 5.70 Å². The van der Waals surface area contributed by atoms with Gasteiger partial charge in [0.2, 0.25) is 0 Å². The molecule has 3 aromatic rings.